The Morgan fingerprint density at radius 1 is 1.44 bits per heavy atom. The number of hydrogen-bond acceptors (Lipinski definition) is 3. The summed E-state index contributed by atoms with van der Waals surface area (Å²) in [5, 5.41) is 4.62. The molecule has 0 aliphatic rings. The van der Waals surface area contributed by atoms with Crippen molar-refractivity contribution < 1.29 is 9.53 Å². The second kappa shape index (κ2) is 5.23. The van der Waals surface area contributed by atoms with Gasteiger partial charge in [0.25, 0.3) is 0 Å². The van der Waals surface area contributed by atoms with Crippen LogP contribution in [0, 0.1) is 6.92 Å². The minimum absolute atomic E-state index is 0.0599. The Morgan fingerprint density at radius 3 is 2.78 bits per heavy atom. The van der Waals surface area contributed by atoms with Gasteiger partial charge in [-0.05, 0) is 19.1 Å². The maximum Gasteiger partial charge on any atom is 0.187 e. The number of halogens is 1. The predicted molar refractivity (Wildman–Crippen MR) is 69.3 cm³/mol. The van der Waals surface area contributed by atoms with E-state index in [0.717, 1.165) is 5.69 Å². The molecule has 5 heteroatoms. The van der Waals surface area contributed by atoms with Crippen molar-refractivity contribution in [2.24, 2.45) is 0 Å². The van der Waals surface area contributed by atoms with Crippen LogP contribution >= 0.6 is 11.6 Å². The first-order valence-corrected chi connectivity index (χ1v) is 5.85. The summed E-state index contributed by atoms with van der Waals surface area (Å²) in [6.45, 7) is 1.98. The highest BCUT2D eigenvalue weighted by molar-refractivity contribution is 6.31. The van der Waals surface area contributed by atoms with E-state index >= 15 is 0 Å². The summed E-state index contributed by atoms with van der Waals surface area (Å²) < 4.78 is 6.74. The Balaban J connectivity index is 2.25. The Bertz CT molecular complexity index is 578. The summed E-state index contributed by atoms with van der Waals surface area (Å²) in [6, 6.07) is 7.13. The molecule has 0 aliphatic heterocycles. The third-order valence-electron chi connectivity index (χ3n) is 2.74. The average molecular weight is 265 g/mol. The van der Waals surface area contributed by atoms with Crippen molar-refractivity contribution in [2.45, 2.75) is 13.5 Å². The minimum atomic E-state index is -0.0599. The average Bonchev–Trinajstić information content (AvgIpc) is 2.70. The summed E-state index contributed by atoms with van der Waals surface area (Å²) in [5.41, 5.74) is 1.32. The topological polar surface area (TPSA) is 44.1 Å². The molecule has 0 saturated carbocycles. The quantitative estimate of drug-likeness (QED) is 0.798. The molecule has 2 aromatic rings. The van der Waals surface area contributed by atoms with Gasteiger partial charge in [-0.2, -0.15) is 5.10 Å². The van der Waals surface area contributed by atoms with Gasteiger partial charge in [0.1, 0.15) is 12.3 Å². The van der Waals surface area contributed by atoms with E-state index in [9.17, 15) is 4.79 Å². The van der Waals surface area contributed by atoms with Crippen LogP contribution in [0.3, 0.4) is 0 Å². The van der Waals surface area contributed by atoms with Crippen LogP contribution in [0.15, 0.2) is 30.5 Å². The zero-order chi connectivity index (χ0) is 13.1. The molecule has 0 bridgehead atoms. The van der Waals surface area contributed by atoms with Gasteiger partial charge in [0.2, 0.25) is 0 Å². The van der Waals surface area contributed by atoms with Gasteiger partial charge in [-0.15, -0.1) is 0 Å². The fourth-order valence-corrected chi connectivity index (χ4v) is 1.82. The van der Waals surface area contributed by atoms with Crippen molar-refractivity contribution in [2.75, 3.05) is 7.11 Å². The van der Waals surface area contributed by atoms with Gasteiger partial charge < -0.3 is 4.74 Å². The van der Waals surface area contributed by atoms with Gasteiger partial charge in [0.15, 0.2) is 5.78 Å². The van der Waals surface area contributed by atoms with Crippen LogP contribution in [0.5, 0.6) is 5.75 Å². The standard InChI is InChI=1S/C13H13ClN2O2/c1-9-11(14)7-15-16(9)8-12(17)10-5-3-4-6-13(10)18-2/h3-7H,8H2,1-2H3. The molecule has 0 atom stereocenters. The lowest BCUT2D eigenvalue weighted by Crippen LogP contribution is -2.13. The number of ketones is 1. The smallest absolute Gasteiger partial charge is 0.187 e. The number of methoxy groups -OCH3 is 1. The summed E-state index contributed by atoms with van der Waals surface area (Å²) >= 11 is 5.90. The van der Waals surface area contributed by atoms with E-state index < -0.39 is 0 Å². The van der Waals surface area contributed by atoms with Crippen molar-refractivity contribution in [3.8, 4) is 5.75 Å². The lowest BCUT2D eigenvalue weighted by atomic mass is 10.1. The van der Waals surface area contributed by atoms with Gasteiger partial charge in [-0.3, -0.25) is 9.48 Å². The molecule has 2 rings (SSSR count). The number of carbonyl (C=O) groups is 1. The number of hydrogen-bond donors (Lipinski definition) is 0. The van der Waals surface area contributed by atoms with Crippen LogP contribution in [-0.4, -0.2) is 22.7 Å². The number of Topliss-reactive ketones (excluding diaryl/α,β-unsaturated/α-hetero) is 1. The number of carbonyl (C=O) groups excluding carboxylic acids is 1. The molecule has 0 unspecified atom stereocenters. The van der Waals surface area contributed by atoms with Crippen molar-refractivity contribution >= 4 is 17.4 Å². The van der Waals surface area contributed by atoms with Crippen LogP contribution in [0.4, 0.5) is 0 Å². The first-order valence-electron chi connectivity index (χ1n) is 5.47. The maximum atomic E-state index is 12.2. The second-order valence-electron chi connectivity index (χ2n) is 3.86. The molecule has 18 heavy (non-hydrogen) atoms. The molecule has 0 saturated heterocycles. The van der Waals surface area contributed by atoms with Gasteiger partial charge in [-0.1, -0.05) is 23.7 Å². The molecule has 0 aliphatic carbocycles. The third kappa shape index (κ3) is 2.38. The van der Waals surface area contributed by atoms with E-state index in [2.05, 4.69) is 5.10 Å². The Kier molecular flexibility index (Phi) is 3.67. The molecule has 0 radical (unpaired) electrons. The number of aromatic nitrogens is 2. The number of rotatable bonds is 4. The lowest BCUT2D eigenvalue weighted by molar-refractivity contribution is 0.0964. The Labute approximate surface area is 110 Å². The second-order valence-corrected chi connectivity index (χ2v) is 4.27. The highest BCUT2D eigenvalue weighted by atomic mass is 35.5. The number of ether oxygens (including phenoxy) is 1. The molecule has 0 N–H and O–H groups in total. The van der Waals surface area contributed by atoms with Gasteiger partial charge in [0.05, 0.1) is 29.6 Å². The predicted octanol–water partition coefficient (Wildman–Crippen LogP) is 2.74. The largest absolute Gasteiger partial charge is 0.496 e. The Morgan fingerprint density at radius 2 is 2.17 bits per heavy atom. The monoisotopic (exact) mass is 264 g/mol. The molecule has 0 spiro atoms. The molecule has 1 aromatic carbocycles. The van der Waals surface area contributed by atoms with E-state index in [1.165, 1.54) is 6.20 Å². The van der Waals surface area contributed by atoms with Crippen molar-refractivity contribution in [1.82, 2.24) is 9.78 Å². The number of nitrogens with zero attached hydrogens (tertiary/aromatic N) is 2. The molecule has 4 nitrogen and oxygen atoms in total. The van der Waals surface area contributed by atoms with E-state index in [4.69, 9.17) is 16.3 Å². The minimum Gasteiger partial charge on any atom is -0.496 e. The lowest BCUT2D eigenvalue weighted by Gasteiger charge is -2.08. The number of benzene rings is 1. The van der Waals surface area contributed by atoms with Gasteiger partial charge in [-0.25, -0.2) is 0 Å². The fraction of sp³-hybridized carbons (Fsp3) is 0.231. The molecular formula is C13H13ClN2O2. The SMILES string of the molecule is COc1ccccc1C(=O)Cn1ncc(Cl)c1C. The van der Waals surface area contributed by atoms with E-state index in [1.807, 2.05) is 13.0 Å². The third-order valence-corrected chi connectivity index (χ3v) is 3.12. The number of para-hydroxylation sites is 1. The van der Waals surface area contributed by atoms with Gasteiger partial charge in [0, 0.05) is 0 Å². The summed E-state index contributed by atoms with van der Waals surface area (Å²) in [7, 11) is 1.54. The van der Waals surface area contributed by atoms with Crippen LogP contribution < -0.4 is 4.74 Å². The van der Waals surface area contributed by atoms with Crippen molar-refractivity contribution in [1.29, 1.82) is 0 Å². The van der Waals surface area contributed by atoms with E-state index in [1.54, 1.807) is 30.0 Å². The molecule has 0 fully saturated rings. The zero-order valence-corrected chi connectivity index (χ0v) is 10.9. The normalized spacial score (nSPS) is 10.4. The van der Waals surface area contributed by atoms with Crippen molar-refractivity contribution in [3.05, 3.63) is 46.7 Å². The summed E-state index contributed by atoms with van der Waals surface area (Å²) in [4.78, 5) is 12.2. The summed E-state index contributed by atoms with van der Waals surface area (Å²) in [6.07, 6.45) is 1.53. The maximum absolute atomic E-state index is 12.2. The van der Waals surface area contributed by atoms with Gasteiger partial charge >= 0.3 is 0 Å². The summed E-state index contributed by atoms with van der Waals surface area (Å²) in [5.74, 6) is 0.508. The van der Waals surface area contributed by atoms with Crippen molar-refractivity contribution in [3.63, 3.8) is 0 Å². The first kappa shape index (κ1) is 12.6. The van der Waals surface area contributed by atoms with Crippen LogP contribution in [0.2, 0.25) is 5.02 Å². The fourth-order valence-electron chi connectivity index (χ4n) is 1.68. The van der Waals surface area contributed by atoms with Crippen LogP contribution in [-0.2, 0) is 6.54 Å². The molecule has 1 heterocycles. The Hall–Kier alpha value is -1.81. The molecule has 1 aromatic heterocycles. The van der Waals surface area contributed by atoms with Crippen LogP contribution in [0.1, 0.15) is 16.1 Å². The highest BCUT2D eigenvalue weighted by Crippen LogP contribution is 2.19. The molecule has 0 amide bonds. The van der Waals surface area contributed by atoms with Crippen LogP contribution in [0.25, 0.3) is 0 Å². The van der Waals surface area contributed by atoms with E-state index in [-0.39, 0.29) is 12.3 Å². The first-order chi connectivity index (χ1) is 8.63. The van der Waals surface area contributed by atoms with E-state index in [0.29, 0.717) is 16.3 Å². The zero-order valence-electron chi connectivity index (χ0n) is 10.2. The highest BCUT2D eigenvalue weighted by Gasteiger charge is 2.14. The molecule has 94 valence electrons. The molecular weight excluding hydrogens is 252 g/mol.